The molecule has 1 fully saturated rings. The molecular weight excluding hydrogens is 430 g/mol. The maximum absolute atomic E-state index is 12.8. The second-order valence-corrected chi connectivity index (χ2v) is 9.14. The molecule has 2 aromatic carbocycles. The van der Waals surface area contributed by atoms with Gasteiger partial charge in [-0.05, 0) is 41.9 Å². The highest BCUT2D eigenvalue weighted by Crippen LogP contribution is 2.38. The zero-order valence-corrected chi connectivity index (χ0v) is 17.3. The van der Waals surface area contributed by atoms with Gasteiger partial charge in [0.2, 0.25) is 22.1 Å². The van der Waals surface area contributed by atoms with Crippen molar-refractivity contribution in [3.8, 4) is 11.5 Å². The normalized spacial score (nSPS) is 16.7. The Labute approximate surface area is 178 Å². The fraction of sp³-hybridized carbons (Fsp3) is 0.263. The number of ether oxygens (including phenoxy) is 2. The standard InChI is InChI=1S/C19H18ClN5O4S/c20-19-23-15-10-17-16(28-11-29-17)9-14(15)18(24-19)22-12-1-3-13(4-2-12)30(26,27)25-7-5-21-6-8-25/h1-4,9-10,21H,5-8,11H2,(H,22,23,24). The highest BCUT2D eigenvalue weighted by atomic mass is 35.5. The lowest BCUT2D eigenvalue weighted by Crippen LogP contribution is -2.46. The summed E-state index contributed by atoms with van der Waals surface area (Å²) in [6.45, 7) is 2.38. The van der Waals surface area contributed by atoms with Crippen LogP contribution >= 0.6 is 11.6 Å². The third-order valence-electron chi connectivity index (χ3n) is 4.99. The smallest absolute Gasteiger partial charge is 0.243 e. The van der Waals surface area contributed by atoms with Gasteiger partial charge in [0.25, 0.3) is 0 Å². The van der Waals surface area contributed by atoms with Crippen LogP contribution in [0.1, 0.15) is 0 Å². The van der Waals surface area contributed by atoms with Crippen LogP contribution in [-0.2, 0) is 10.0 Å². The molecule has 9 nitrogen and oxygen atoms in total. The fourth-order valence-electron chi connectivity index (χ4n) is 3.47. The van der Waals surface area contributed by atoms with Crippen LogP contribution in [0.5, 0.6) is 11.5 Å². The van der Waals surface area contributed by atoms with Crippen molar-refractivity contribution in [1.82, 2.24) is 19.6 Å². The van der Waals surface area contributed by atoms with Crippen molar-refractivity contribution >= 4 is 44.0 Å². The first-order valence-corrected chi connectivity index (χ1v) is 11.2. The number of hydrogen-bond donors (Lipinski definition) is 2. The lowest BCUT2D eigenvalue weighted by Gasteiger charge is -2.26. The van der Waals surface area contributed by atoms with Gasteiger partial charge in [0.1, 0.15) is 5.82 Å². The average molecular weight is 448 g/mol. The van der Waals surface area contributed by atoms with Crippen molar-refractivity contribution in [3.63, 3.8) is 0 Å². The molecule has 2 aliphatic heterocycles. The van der Waals surface area contributed by atoms with Crippen LogP contribution in [0.15, 0.2) is 41.3 Å². The summed E-state index contributed by atoms with van der Waals surface area (Å²) < 4.78 is 37.9. The molecule has 0 atom stereocenters. The number of hydrogen-bond acceptors (Lipinski definition) is 8. The number of sulfonamides is 1. The van der Waals surface area contributed by atoms with E-state index in [2.05, 4.69) is 20.6 Å². The second kappa shape index (κ2) is 7.55. The molecule has 0 bridgehead atoms. The molecule has 0 saturated carbocycles. The van der Waals surface area contributed by atoms with Crippen molar-refractivity contribution in [1.29, 1.82) is 0 Å². The van der Waals surface area contributed by atoms with Gasteiger partial charge in [-0.2, -0.15) is 9.29 Å². The van der Waals surface area contributed by atoms with E-state index in [0.29, 0.717) is 60.1 Å². The first-order valence-electron chi connectivity index (χ1n) is 9.35. The van der Waals surface area contributed by atoms with Crippen molar-refractivity contribution in [3.05, 3.63) is 41.7 Å². The van der Waals surface area contributed by atoms with Gasteiger partial charge in [-0.15, -0.1) is 0 Å². The summed E-state index contributed by atoms with van der Waals surface area (Å²) >= 11 is 6.09. The van der Waals surface area contributed by atoms with Crippen molar-refractivity contribution < 1.29 is 17.9 Å². The number of aromatic nitrogens is 2. The number of nitrogens with one attached hydrogen (secondary N) is 2. The molecule has 0 unspecified atom stereocenters. The first kappa shape index (κ1) is 19.3. The van der Waals surface area contributed by atoms with Crippen LogP contribution in [0.3, 0.4) is 0 Å². The van der Waals surface area contributed by atoms with Gasteiger partial charge in [0.05, 0.1) is 10.4 Å². The van der Waals surface area contributed by atoms with Gasteiger partial charge >= 0.3 is 0 Å². The first-order chi connectivity index (χ1) is 14.5. The number of rotatable bonds is 4. The maximum atomic E-state index is 12.8. The summed E-state index contributed by atoms with van der Waals surface area (Å²) in [5, 5.41) is 7.13. The van der Waals surface area contributed by atoms with Gasteiger partial charge in [0, 0.05) is 43.3 Å². The topological polar surface area (TPSA) is 106 Å². The molecule has 3 heterocycles. The molecular formula is C19H18ClN5O4S. The summed E-state index contributed by atoms with van der Waals surface area (Å²) in [6.07, 6.45) is 0. The van der Waals surface area contributed by atoms with Crippen molar-refractivity contribution in [2.24, 2.45) is 0 Å². The molecule has 0 spiro atoms. The van der Waals surface area contributed by atoms with Gasteiger partial charge in [-0.1, -0.05) is 0 Å². The van der Waals surface area contributed by atoms with Gasteiger partial charge in [0.15, 0.2) is 11.5 Å². The SMILES string of the molecule is O=S(=O)(c1ccc(Nc2nc(Cl)nc3cc4c(cc23)OCO4)cc1)N1CCNCC1. The minimum atomic E-state index is -3.51. The van der Waals surface area contributed by atoms with E-state index < -0.39 is 10.0 Å². The van der Waals surface area contributed by atoms with E-state index in [1.54, 1.807) is 36.4 Å². The molecule has 30 heavy (non-hydrogen) atoms. The van der Waals surface area contributed by atoms with Crippen LogP contribution in [0.25, 0.3) is 10.9 Å². The molecule has 11 heteroatoms. The molecule has 3 aromatic rings. The third-order valence-corrected chi connectivity index (χ3v) is 7.08. The number of nitrogens with zero attached hydrogens (tertiary/aromatic N) is 3. The molecule has 2 aliphatic rings. The van der Waals surface area contributed by atoms with E-state index in [1.165, 1.54) is 4.31 Å². The van der Waals surface area contributed by atoms with Crippen LogP contribution in [0, 0.1) is 0 Å². The summed E-state index contributed by atoms with van der Waals surface area (Å²) in [5.41, 5.74) is 1.28. The fourth-order valence-corrected chi connectivity index (χ4v) is 5.08. The number of anilines is 2. The average Bonchev–Trinajstić information content (AvgIpc) is 3.21. The van der Waals surface area contributed by atoms with Crippen molar-refractivity contribution in [2.75, 3.05) is 38.3 Å². The zero-order valence-electron chi connectivity index (χ0n) is 15.8. The Balaban J connectivity index is 1.44. The van der Waals surface area contributed by atoms with Gasteiger partial charge in [-0.3, -0.25) is 0 Å². The lowest BCUT2D eigenvalue weighted by atomic mass is 10.2. The third kappa shape index (κ3) is 3.52. The quantitative estimate of drug-likeness (QED) is 0.587. The highest BCUT2D eigenvalue weighted by molar-refractivity contribution is 7.89. The number of piperazine rings is 1. The van der Waals surface area contributed by atoms with E-state index >= 15 is 0 Å². The maximum Gasteiger partial charge on any atom is 0.243 e. The largest absolute Gasteiger partial charge is 0.454 e. The molecule has 1 saturated heterocycles. The minimum absolute atomic E-state index is 0.0850. The number of halogens is 1. The molecule has 0 radical (unpaired) electrons. The summed E-state index contributed by atoms with van der Waals surface area (Å²) in [6, 6.07) is 10.1. The molecule has 0 aliphatic carbocycles. The summed E-state index contributed by atoms with van der Waals surface area (Å²) in [7, 11) is -3.51. The molecule has 1 aromatic heterocycles. The number of fused-ring (bicyclic) bond motifs is 2. The zero-order chi connectivity index (χ0) is 20.7. The number of benzene rings is 2. The molecule has 2 N–H and O–H groups in total. The highest BCUT2D eigenvalue weighted by Gasteiger charge is 2.25. The summed E-state index contributed by atoms with van der Waals surface area (Å²) in [5.74, 6) is 1.70. The molecule has 5 rings (SSSR count). The Kier molecular flexibility index (Phi) is 4.86. The van der Waals surface area contributed by atoms with Crippen LogP contribution in [0.4, 0.5) is 11.5 Å². The van der Waals surface area contributed by atoms with Crippen molar-refractivity contribution in [2.45, 2.75) is 4.90 Å². The van der Waals surface area contributed by atoms with E-state index in [-0.39, 0.29) is 17.0 Å². The van der Waals surface area contributed by atoms with Gasteiger partial charge < -0.3 is 20.1 Å². The van der Waals surface area contributed by atoms with E-state index in [4.69, 9.17) is 21.1 Å². The Bertz CT molecular complexity index is 1210. The van der Waals surface area contributed by atoms with Crippen LogP contribution in [0.2, 0.25) is 5.28 Å². The van der Waals surface area contributed by atoms with E-state index in [9.17, 15) is 8.42 Å². The summed E-state index contributed by atoms with van der Waals surface area (Å²) in [4.78, 5) is 8.78. The predicted molar refractivity (Wildman–Crippen MR) is 112 cm³/mol. The predicted octanol–water partition coefficient (Wildman–Crippen LogP) is 2.35. The van der Waals surface area contributed by atoms with Gasteiger partial charge in [-0.25, -0.2) is 13.4 Å². The lowest BCUT2D eigenvalue weighted by molar-refractivity contribution is 0.174. The van der Waals surface area contributed by atoms with Crippen LogP contribution < -0.4 is 20.1 Å². The Morgan fingerprint density at radius 2 is 1.73 bits per heavy atom. The Morgan fingerprint density at radius 3 is 2.47 bits per heavy atom. The minimum Gasteiger partial charge on any atom is -0.454 e. The Hall–Kier alpha value is -2.66. The monoisotopic (exact) mass is 447 g/mol. The molecule has 0 amide bonds. The van der Waals surface area contributed by atoms with E-state index in [0.717, 1.165) is 0 Å². The van der Waals surface area contributed by atoms with Crippen LogP contribution in [-0.4, -0.2) is 55.7 Å². The second-order valence-electron chi connectivity index (χ2n) is 6.87. The Morgan fingerprint density at radius 1 is 1.03 bits per heavy atom. The van der Waals surface area contributed by atoms with E-state index in [1.807, 2.05) is 0 Å². The molecule has 156 valence electrons.